The lowest BCUT2D eigenvalue weighted by Crippen LogP contribution is -2.33. The van der Waals surface area contributed by atoms with Crippen LogP contribution in [0.3, 0.4) is 0 Å². The largest absolute Gasteiger partial charge is 0.349 e. The monoisotopic (exact) mass is 289 g/mol. The van der Waals surface area contributed by atoms with Crippen molar-refractivity contribution in [3.63, 3.8) is 0 Å². The van der Waals surface area contributed by atoms with Crippen LogP contribution >= 0.6 is 27.3 Å². The molecular formula is C11H16BrNOS. The quantitative estimate of drug-likeness (QED) is 0.847. The molecule has 0 aliphatic rings. The zero-order valence-corrected chi connectivity index (χ0v) is 11.6. The van der Waals surface area contributed by atoms with E-state index in [0.29, 0.717) is 4.83 Å². The maximum Gasteiger partial charge on any atom is 0.261 e. The number of amides is 1. The highest BCUT2D eigenvalue weighted by molar-refractivity contribution is 9.09. The van der Waals surface area contributed by atoms with E-state index < -0.39 is 0 Å². The molecule has 2 atom stereocenters. The summed E-state index contributed by atoms with van der Waals surface area (Å²) in [6.45, 7) is 6.11. The fourth-order valence-electron chi connectivity index (χ4n) is 1.40. The van der Waals surface area contributed by atoms with Crippen molar-refractivity contribution in [3.05, 3.63) is 21.9 Å². The summed E-state index contributed by atoms with van der Waals surface area (Å²) in [7, 11) is 0. The SMILES string of the molecule is Cc1ccc(C(=O)NC(C)CC(C)Br)s1. The molecule has 0 bridgehead atoms. The van der Waals surface area contributed by atoms with Gasteiger partial charge in [-0.3, -0.25) is 4.79 Å². The van der Waals surface area contributed by atoms with Crippen LogP contribution < -0.4 is 5.32 Å². The molecule has 0 saturated heterocycles. The van der Waals surface area contributed by atoms with Crippen LogP contribution in [0.25, 0.3) is 0 Å². The summed E-state index contributed by atoms with van der Waals surface area (Å²) in [6.07, 6.45) is 0.941. The first-order valence-corrected chi connectivity index (χ1v) is 6.73. The van der Waals surface area contributed by atoms with Crippen LogP contribution in [0.5, 0.6) is 0 Å². The standard InChI is InChI=1S/C11H16BrNOS/c1-7(12)6-8(2)13-11(14)10-5-4-9(3)15-10/h4-5,7-8H,6H2,1-3H3,(H,13,14). The smallest absolute Gasteiger partial charge is 0.261 e. The van der Waals surface area contributed by atoms with Crippen LogP contribution in [0.1, 0.15) is 34.8 Å². The molecule has 1 amide bonds. The Bertz CT molecular complexity index is 335. The topological polar surface area (TPSA) is 29.1 Å². The number of alkyl halides is 1. The highest BCUT2D eigenvalue weighted by Crippen LogP contribution is 2.15. The first-order chi connectivity index (χ1) is 6.99. The van der Waals surface area contributed by atoms with E-state index in [1.54, 1.807) is 0 Å². The summed E-state index contributed by atoms with van der Waals surface area (Å²) in [5, 5.41) is 2.98. The summed E-state index contributed by atoms with van der Waals surface area (Å²) in [6, 6.07) is 4.05. The van der Waals surface area contributed by atoms with E-state index >= 15 is 0 Å². The van der Waals surface area contributed by atoms with Gasteiger partial charge in [-0.1, -0.05) is 22.9 Å². The molecule has 0 aliphatic heterocycles. The molecule has 0 spiro atoms. The highest BCUT2D eigenvalue weighted by atomic mass is 79.9. The van der Waals surface area contributed by atoms with E-state index in [2.05, 4.69) is 28.2 Å². The van der Waals surface area contributed by atoms with E-state index in [-0.39, 0.29) is 11.9 Å². The van der Waals surface area contributed by atoms with Gasteiger partial charge in [0.05, 0.1) is 4.88 Å². The average molecular weight is 290 g/mol. The van der Waals surface area contributed by atoms with Crippen LogP contribution in [-0.4, -0.2) is 16.8 Å². The Morgan fingerprint density at radius 3 is 2.67 bits per heavy atom. The molecule has 84 valence electrons. The van der Waals surface area contributed by atoms with Gasteiger partial charge < -0.3 is 5.32 Å². The second kappa shape index (κ2) is 5.66. The van der Waals surface area contributed by atoms with Gasteiger partial charge in [0.1, 0.15) is 0 Å². The second-order valence-electron chi connectivity index (χ2n) is 3.80. The molecule has 0 fully saturated rings. The van der Waals surface area contributed by atoms with Crippen molar-refractivity contribution in [2.75, 3.05) is 0 Å². The molecule has 1 N–H and O–H groups in total. The number of hydrogen-bond acceptors (Lipinski definition) is 2. The lowest BCUT2D eigenvalue weighted by atomic mass is 10.2. The number of rotatable bonds is 4. The van der Waals surface area contributed by atoms with Crippen molar-refractivity contribution < 1.29 is 4.79 Å². The normalized spacial score (nSPS) is 14.7. The molecule has 2 nitrogen and oxygen atoms in total. The van der Waals surface area contributed by atoms with E-state index in [4.69, 9.17) is 0 Å². The van der Waals surface area contributed by atoms with Gasteiger partial charge in [0.2, 0.25) is 0 Å². The fourth-order valence-corrected chi connectivity index (χ4v) is 2.73. The van der Waals surface area contributed by atoms with Gasteiger partial charge in [-0.15, -0.1) is 11.3 Å². The van der Waals surface area contributed by atoms with Crippen molar-refractivity contribution in [3.8, 4) is 0 Å². The zero-order chi connectivity index (χ0) is 11.4. The van der Waals surface area contributed by atoms with Crippen molar-refractivity contribution in [2.24, 2.45) is 0 Å². The Kier molecular flexibility index (Phi) is 4.80. The number of carbonyl (C=O) groups excluding carboxylic acids is 1. The maximum absolute atomic E-state index is 11.7. The van der Waals surface area contributed by atoms with Gasteiger partial charge in [0, 0.05) is 15.7 Å². The minimum absolute atomic E-state index is 0.0359. The van der Waals surface area contributed by atoms with Crippen LogP contribution in [0.2, 0.25) is 0 Å². The third kappa shape index (κ3) is 4.34. The zero-order valence-electron chi connectivity index (χ0n) is 9.21. The summed E-state index contributed by atoms with van der Waals surface area (Å²) in [5.41, 5.74) is 0. The van der Waals surface area contributed by atoms with Gasteiger partial charge in [-0.2, -0.15) is 0 Å². The summed E-state index contributed by atoms with van der Waals surface area (Å²) < 4.78 is 0. The van der Waals surface area contributed by atoms with Gasteiger partial charge in [0.15, 0.2) is 0 Å². The molecule has 2 unspecified atom stereocenters. The van der Waals surface area contributed by atoms with Crippen LogP contribution in [0, 0.1) is 6.92 Å². The molecule has 1 aromatic heterocycles. The Balaban J connectivity index is 2.49. The van der Waals surface area contributed by atoms with E-state index in [1.807, 2.05) is 26.0 Å². The number of aryl methyl sites for hydroxylation is 1. The van der Waals surface area contributed by atoms with Gasteiger partial charge in [-0.25, -0.2) is 0 Å². The first kappa shape index (κ1) is 12.7. The van der Waals surface area contributed by atoms with E-state index in [1.165, 1.54) is 16.2 Å². The Hall–Kier alpha value is -0.350. The van der Waals surface area contributed by atoms with Crippen molar-refractivity contribution in [1.29, 1.82) is 0 Å². The minimum atomic E-state index is 0.0359. The number of hydrogen-bond donors (Lipinski definition) is 1. The number of halogens is 1. The molecule has 4 heteroatoms. The number of nitrogens with one attached hydrogen (secondary N) is 1. The molecule has 0 radical (unpaired) electrons. The van der Waals surface area contributed by atoms with Gasteiger partial charge >= 0.3 is 0 Å². The number of thiophene rings is 1. The molecule has 1 aromatic rings. The predicted octanol–water partition coefficient (Wildman–Crippen LogP) is 3.35. The van der Waals surface area contributed by atoms with Crippen LogP contribution in [-0.2, 0) is 0 Å². The van der Waals surface area contributed by atoms with Crippen molar-refractivity contribution in [2.45, 2.75) is 38.1 Å². The summed E-state index contributed by atoms with van der Waals surface area (Å²) in [5.74, 6) is 0.0359. The van der Waals surface area contributed by atoms with Crippen molar-refractivity contribution in [1.82, 2.24) is 5.32 Å². The van der Waals surface area contributed by atoms with E-state index in [0.717, 1.165) is 11.3 Å². The third-order valence-electron chi connectivity index (χ3n) is 2.02. The molecule has 1 heterocycles. The van der Waals surface area contributed by atoms with E-state index in [9.17, 15) is 4.79 Å². The van der Waals surface area contributed by atoms with Gasteiger partial charge in [-0.05, 0) is 32.4 Å². The molecule has 0 saturated carbocycles. The Morgan fingerprint density at radius 2 is 2.20 bits per heavy atom. The van der Waals surface area contributed by atoms with Crippen LogP contribution in [0.15, 0.2) is 12.1 Å². The lowest BCUT2D eigenvalue weighted by Gasteiger charge is -2.14. The Labute approximate surface area is 103 Å². The lowest BCUT2D eigenvalue weighted by molar-refractivity contribution is 0.0943. The summed E-state index contributed by atoms with van der Waals surface area (Å²) >= 11 is 5.01. The average Bonchev–Trinajstić information content (AvgIpc) is 2.49. The second-order valence-corrected chi connectivity index (χ2v) is 6.65. The van der Waals surface area contributed by atoms with Gasteiger partial charge in [0.25, 0.3) is 5.91 Å². The molecule has 1 rings (SSSR count). The molecule has 0 aliphatic carbocycles. The summed E-state index contributed by atoms with van der Waals surface area (Å²) in [4.78, 5) is 14.1. The first-order valence-electron chi connectivity index (χ1n) is 5.00. The fraction of sp³-hybridized carbons (Fsp3) is 0.545. The predicted molar refractivity (Wildman–Crippen MR) is 69.0 cm³/mol. The molecule has 15 heavy (non-hydrogen) atoms. The maximum atomic E-state index is 11.7. The number of carbonyl (C=O) groups is 1. The molecular weight excluding hydrogens is 274 g/mol. The van der Waals surface area contributed by atoms with Crippen molar-refractivity contribution >= 4 is 33.2 Å². The highest BCUT2D eigenvalue weighted by Gasteiger charge is 2.12. The minimum Gasteiger partial charge on any atom is -0.349 e. The third-order valence-corrected chi connectivity index (χ3v) is 3.39. The van der Waals surface area contributed by atoms with Crippen LogP contribution in [0.4, 0.5) is 0 Å². The Morgan fingerprint density at radius 1 is 1.53 bits per heavy atom. The molecule has 0 aromatic carbocycles.